The molecule has 0 unspecified atom stereocenters. The molecule has 0 bridgehead atoms. The number of phenolic OH excluding ortho intramolecular Hbond substituents is 1. The summed E-state index contributed by atoms with van der Waals surface area (Å²) in [6.45, 7) is 3.64. The predicted octanol–water partition coefficient (Wildman–Crippen LogP) is 3.33. The summed E-state index contributed by atoms with van der Waals surface area (Å²) in [5, 5.41) is 9.97. The molecule has 2 aromatic carbocycles. The Balaban J connectivity index is 2.16. The van der Waals surface area contributed by atoms with Crippen molar-refractivity contribution in [3.63, 3.8) is 0 Å². The average molecular weight is 321 g/mol. The van der Waals surface area contributed by atoms with Crippen molar-refractivity contribution < 1.29 is 5.11 Å². The predicted molar refractivity (Wildman–Crippen MR) is 95.7 cm³/mol. The largest absolute Gasteiger partial charge is 0.507 e. The summed E-state index contributed by atoms with van der Waals surface area (Å²) < 4.78 is 3.38. The van der Waals surface area contributed by atoms with Gasteiger partial charge in [-0.05, 0) is 38.1 Å². The van der Waals surface area contributed by atoms with Gasteiger partial charge in [-0.25, -0.2) is 9.67 Å². The molecule has 0 radical (unpaired) electrons. The Morgan fingerprint density at radius 1 is 1.04 bits per heavy atom. The zero-order valence-corrected chi connectivity index (χ0v) is 13.9. The maximum atomic E-state index is 12.8. The normalized spacial score (nSPS) is 11.7. The fourth-order valence-corrected chi connectivity index (χ4v) is 2.69. The molecular weight excluding hydrogens is 302 g/mol. The smallest absolute Gasteiger partial charge is 0.297 e. The Hall–Kier alpha value is -3.08. The third-order valence-corrected chi connectivity index (χ3v) is 4.10. The molecule has 0 spiro atoms. The molecule has 0 saturated heterocycles. The summed E-state index contributed by atoms with van der Waals surface area (Å²) in [5.74, 6) is 0.149. The second-order valence-electron chi connectivity index (χ2n) is 5.62. The van der Waals surface area contributed by atoms with E-state index >= 15 is 0 Å². The van der Waals surface area contributed by atoms with Crippen molar-refractivity contribution >= 4 is 11.4 Å². The number of nitrogens with zero attached hydrogens (tertiary/aromatic N) is 3. The maximum absolute atomic E-state index is 12.8. The lowest BCUT2D eigenvalue weighted by Crippen LogP contribution is -2.19. The average Bonchev–Trinajstić information content (AvgIpc) is 2.79. The molecule has 0 atom stereocenters. The number of aromatic nitrogens is 2. The van der Waals surface area contributed by atoms with Gasteiger partial charge < -0.3 is 5.11 Å². The van der Waals surface area contributed by atoms with Crippen LogP contribution in [0.3, 0.4) is 0 Å². The number of aromatic hydroxyl groups is 1. The number of benzene rings is 2. The minimum Gasteiger partial charge on any atom is -0.507 e. The molecule has 5 heteroatoms. The molecule has 0 aliphatic carbocycles. The Morgan fingerprint density at radius 2 is 1.67 bits per heavy atom. The van der Waals surface area contributed by atoms with Gasteiger partial charge in [-0.2, -0.15) is 0 Å². The molecule has 0 aliphatic rings. The molecule has 3 aromatic rings. The first-order valence-electron chi connectivity index (χ1n) is 7.68. The highest BCUT2D eigenvalue weighted by Crippen LogP contribution is 2.21. The van der Waals surface area contributed by atoms with Crippen molar-refractivity contribution in [1.29, 1.82) is 0 Å². The van der Waals surface area contributed by atoms with Gasteiger partial charge in [-0.15, -0.1) is 0 Å². The third kappa shape index (κ3) is 2.65. The molecule has 3 rings (SSSR count). The summed E-state index contributed by atoms with van der Waals surface area (Å²) in [6, 6.07) is 16.4. The monoisotopic (exact) mass is 321 g/mol. The van der Waals surface area contributed by atoms with E-state index in [0.29, 0.717) is 17.0 Å². The van der Waals surface area contributed by atoms with Crippen LogP contribution in [0.25, 0.3) is 5.69 Å². The number of para-hydroxylation sites is 2. The number of hydrogen-bond donors (Lipinski definition) is 1. The highest BCUT2D eigenvalue weighted by molar-refractivity contribution is 6.02. The second-order valence-corrected chi connectivity index (χ2v) is 5.62. The van der Waals surface area contributed by atoms with Gasteiger partial charge in [0.15, 0.2) is 5.69 Å². The summed E-state index contributed by atoms with van der Waals surface area (Å²) >= 11 is 0. The van der Waals surface area contributed by atoms with E-state index in [1.165, 1.54) is 0 Å². The van der Waals surface area contributed by atoms with Crippen LogP contribution in [0.2, 0.25) is 0 Å². The first-order valence-corrected chi connectivity index (χ1v) is 7.68. The van der Waals surface area contributed by atoms with Crippen LogP contribution in [0.5, 0.6) is 5.75 Å². The van der Waals surface area contributed by atoms with Gasteiger partial charge in [0.2, 0.25) is 0 Å². The van der Waals surface area contributed by atoms with E-state index in [1.54, 1.807) is 34.5 Å². The van der Waals surface area contributed by atoms with Crippen LogP contribution in [0, 0.1) is 6.92 Å². The third-order valence-electron chi connectivity index (χ3n) is 4.10. The van der Waals surface area contributed by atoms with E-state index in [4.69, 9.17) is 0 Å². The van der Waals surface area contributed by atoms with Crippen LogP contribution in [0.15, 0.2) is 64.4 Å². The van der Waals surface area contributed by atoms with E-state index in [9.17, 15) is 9.90 Å². The Bertz CT molecular complexity index is 966. The van der Waals surface area contributed by atoms with Gasteiger partial charge in [0, 0.05) is 18.3 Å². The highest BCUT2D eigenvalue weighted by Gasteiger charge is 2.16. The molecule has 24 heavy (non-hydrogen) atoms. The van der Waals surface area contributed by atoms with Crippen molar-refractivity contribution in [3.8, 4) is 11.4 Å². The van der Waals surface area contributed by atoms with Gasteiger partial charge >= 0.3 is 0 Å². The zero-order chi connectivity index (χ0) is 17.3. The lowest BCUT2D eigenvalue weighted by atomic mass is 10.1. The van der Waals surface area contributed by atoms with E-state index in [1.807, 2.05) is 50.4 Å². The molecule has 1 N–H and O–H groups in total. The Morgan fingerprint density at radius 3 is 2.33 bits per heavy atom. The lowest BCUT2D eigenvalue weighted by Gasteiger charge is -2.07. The van der Waals surface area contributed by atoms with Crippen LogP contribution in [-0.4, -0.2) is 20.2 Å². The molecule has 1 heterocycles. The number of aliphatic imine (C=N–C) groups is 1. The number of phenols is 1. The fraction of sp³-hybridized carbons (Fsp3) is 0.158. The van der Waals surface area contributed by atoms with E-state index < -0.39 is 0 Å². The summed E-state index contributed by atoms with van der Waals surface area (Å²) in [4.78, 5) is 17.3. The first-order chi connectivity index (χ1) is 11.5. The number of rotatable bonds is 3. The Labute approximate surface area is 140 Å². The van der Waals surface area contributed by atoms with Gasteiger partial charge in [0.05, 0.1) is 11.4 Å². The van der Waals surface area contributed by atoms with Crippen LogP contribution < -0.4 is 5.56 Å². The standard InChI is InChI=1S/C19H19N3O2/c1-13(16-11-7-8-12-17(16)23)20-18-14(2)21(3)22(19(18)24)15-9-5-4-6-10-15/h4-12,23H,1-3H3. The van der Waals surface area contributed by atoms with Crippen LogP contribution in [-0.2, 0) is 7.05 Å². The lowest BCUT2D eigenvalue weighted by molar-refractivity contribution is 0.474. The zero-order valence-electron chi connectivity index (χ0n) is 13.9. The molecule has 0 aliphatic heterocycles. The molecular formula is C19H19N3O2. The van der Waals surface area contributed by atoms with Gasteiger partial charge in [-0.3, -0.25) is 9.48 Å². The van der Waals surface area contributed by atoms with Gasteiger partial charge in [-0.1, -0.05) is 30.3 Å². The topological polar surface area (TPSA) is 59.5 Å². The molecule has 0 amide bonds. The quantitative estimate of drug-likeness (QED) is 0.752. The first kappa shape index (κ1) is 15.8. The van der Waals surface area contributed by atoms with Crippen molar-refractivity contribution in [2.75, 3.05) is 0 Å². The van der Waals surface area contributed by atoms with Crippen LogP contribution >= 0.6 is 0 Å². The minimum atomic E-state index is -0.184. The molecule has 5 nitrogen and oxygen atoms in total. The minimum absolute atomic E-state index is 0.149. The Kier molecular flexibility index (Phi) is 4.08. The van der Waals surface area contributed by atoms with Crippen LogP contribution in [0.1, 0.15) is 18.2 Å². The van der Waals surface area contributed by atoms with Crippen molar-refractivity contribution in [2.24, 2.45) is 12.0 Å². The summed E-state index contributed by atoms with van der Waals surface area (Å²) in [6.07, 6.45) is 0. The molecule has 0 saturated carbocycles. The van der Waals surface area contributed by atoms with Gasteiger partial charge in [0.25, 0.3) is 5.56 Å². The van der Waals surface area contributed by atoms with E-state index in [0.717, 1.165) is 11.4 Å². The van der Waals surface area contributed by atoms with Crippen molar-refractivity contribution in [2.45, 2.75) is 13.8 Å². The molecule has 122 valence electrons. The van der Waals surface area contributed by atoms with Crippen molar-refractivity contribution in [3.05, 3.63) is 76.2 Å². The summed E-state index contributed by atoms with van der Waals surface area (Å²) in [5.41, 5.74) is 2.96. The summed E-state index contributed by atoms with van der Waals surface area (Å²) in [7, 11) is 1.83. The molecule has 0 fully saturated rings. The molecule has 1 aromatic heterocycles. The SMILES string of the molecule is CC(=Nc1c(C)n(C)n(-c2ccccc2)c1=O)c1ccccc1O. The second kappa shape index (κ2) is 6.20. The van der Waals surface area contributed by atoms with Gasteiger partial charge in [0.1, 0.15) is 5.75 Å². The fourth-order valence-electron chi connectivity index (χ4n) is 2.69. The van der Waals surface area contributed by atoms with E-state index in [2.05, 4.69) is 4.99 Å². The van der Waals surface area contributed by atoms with Crippen molar-refractivity contribution in [1.82, 2.24) is 9.36 Å². The number of hydrogen-bond acceptors (Lipinski definition) is 3. The van der Waals surface area contributed by atoms with Crippen LogP contribution in [0.4, 0.5) is 5.69 Å². The maximum Gasteiger partial charge on any atom is 0.297 e. The van der Waals surface area contributed by atoms with E-state index in [-0.39, 0.29) is 11.3 Å². The highest BCUT2D eigenvalue weighted by atomic mass is 16.3.